The summed E-state index contributed by atoms with van der Waals surface area (Å²) in [4.78, 5) is 26.4. The zero-order chi connectivity index (χ0) is 27.3. The van der Waals surface area contributed by atoms with Gasteiger partial charge < -0.3 is 9.30 Å². The van der Waals surface area contributed by atoms with Gasteiger partial charge in [0.1, 0.15) is 5.60 Å². The van der Waals surface area contributed by atoms with E-state index in [1.165, 1.54) is 11.8 Å². The summed E-state index contributed by atoms with van der Waals surface area (Å²) >= 11 is 1.38. The Morgan fingerprint density at radius 2 is 1.66 bits per heavy atom. The Labute approximate surface area is 231 Å². The van der Waals surface area contributed by atoms with E-state index in [1.54, 1.807) is 0 Å². The first-order valence-electron chi connectivity index (χ1n) is 13.8. The average molecular weight is 551 g/mol. The molecule has 2 saturated carbocycles. The maximum atomic E-state index is 14.5. The van der Waals surface area contributed by atoms with Crippen molar-refractivity contribution in [2.45, 2.75) is 70.7 Å². The number of esters is 1. The standard InChI is InChI=1S/C32H39O4PS/c1-22(17-19-37(35,24-12-8-6-9-13-24)25-14-10-7-11-15-25)26-16-18-32-27(29(34)38-30(2,3)4)20-23(28(33)36-32)21-31(26,32)5/h6-15,17,19,22-23,26-27H,16,18,20-21H2,1-5H3/b19-17+/t22-,23-,26-,27-,31-,32+/m1/s1. The summed E-state index contributed by atoms with van der Waals surface area (Å²) in [5.74, 6) is 1.64. The molecule has 0 amide bonds. The van der Waals surface area contributed by atoms with Crippen LogP contribution in [-0.2, 0) is 18.9 Å². The molecule has 6 atom stereocenters. The van der Waals surface area contributed by atoms with Crippen molar-refractivity contribution in [3.8, 4) is 0 Å². The first-order chi connectivity index (χ1) is 17.9. The lowest BCUT2D eigenvalue weighted by Crippen LogP contribution is -2.65. The Kier molecular flexibility index (Phi) is 7.10. The van der Waals surface area contributed by atoms with E-state index < -0.39 is 12.7 Å². The lowest BCUT2D eigenvalue weighted by molar-refractivity contribution is -0.234. The van der Waals surface area contributed by atoms with E-state index in [-0.39, 0.29) is 44.9 Å². The molecule has 0 N–H and O–H groups in total. The average Bonchev–Trinajstić information content (AvgIpc) is 3.19. The summed E-state index contributed by atoms with van der Waals surface area (Å²) in [5, 5.41) is 1.79. The minimum absolute atomic E-state index is 0.115. The summed E-state index contributed by atoms with van der Waals surface area (Å²) in [6.07, 6.45) is 5.08. The number of carbonyl (C=O) groups excluding carboxylic acids is 2. The molecule has 2 saturated heterocycles. The normalized spacial score (nSPS) is 31.7. The fourth-order valence-electron chi connectivity index (χ4n) is 7.45. The van der Waals surface area contributed by atoms with Crippen molar-refractivity contribution in [1.82, 2.24) is 0 Å². The van der Waals surface area contributed by atoms with Crippen LogP contribution in [0.1, 0.15) is 60.3 Å². The van der Waals surface area contributed by atoms with Gasteiger partial charge in [-0.15, -0.1) is 0 Å². The molecule has 0 aromatic heterocycles. The number of fused-ring (bicyclic) bond motifs is 2. The molecule has 202 valence electrons. The molecule has 2 heterocycles. The molecule has 0 unspecified atom stereocenters. The van der Waals surface area contributed by atoms with E-state index >= 15 is 0 Å². The molecule has 2 aliphatic heterocycles. The van der Waals surface area contributed by atoms with Crippen LogP contribution < -0.4 is 10.6 Å². The van der Waals surface area contributed by atoms with E-state index in [1.807, 2.05) is 66.5 Å². The Morgan fingerprint density at radius 3 is 2.21 bits per heavy atom. The molecular weight excluding hydrogens is 511 g/mol. The summed E-state index contributed by atoms with van der Waals surface area (Å²) in [6.45, 7) is 10.6. The first kappa shape index (κ1) is 27.5. The van der Waals surface area contributed by atoms with Crippen molar-refractivity contribution in [2.24, 2.45) is 29.1 Å². The molecule has 4 fully saturated rings. The fourth-order valence-corrected chi connectivity index (χ4v) is 10.9. The monoisotopic (exact) mass is 550 g/mol. The second kappa shape index (κ2) is 9.82. The number of benzene rings is 2. The highest BCUT2D eigenvalue weighted by Crippen LogP contribution is 2.68. The van der Waals surface area contributed by atoms with Gasteiger partial charge in [0.25, 0.3) is 0 Å². The minimum Gasteiger partial charge on any atom is -0.457 e. The molecule has 2 bridgehead atoms. The van der Waals surface area contributed by atoms with Crippen molar-refractivity contribution < 1.29 is 18.9 Å². The van der Waals surface area contributed by atoms with Gasteiger partial charge in [-0.3, -0.25) is 9.59 Å². The van der Waals surface area contributed by atoms with E-state index in [4.69, 9.17) is 4.74 Å². The van der Waals surface area contributed by atoms with Gasteiger partial charge in [0.15, 0.2) is 12.3 Å². The van der Waals surface area contributed by atoms with Crippen molar-refractivity contribution >= 4 is 40.6 Å². The van der Waals surface area contributed by atoms with Crippen LogP contribution >= 0.6 is 18.9 Å². The van der Waals surface area contributed by atoms with Crippen LogP contribution in [0.4, 0.5) is 0 Å². The van der Waals surface area contributed by atoms with Gasteiger partial charge in [0, 0.05) is 20.8 Å². The van der Waals surface area contributed by atoms with E-state index in [0.29, 0.717) is 12.8 Å². The maximum absolute atomic E-state index is 14.5. The van der Waals surface area contributed by atoms with Crippen LogP contribution in [0, 0.1) is 29.1 Å². The predicted octanol–water partition coefficient (Wildman–Crippen LogP) is 6.95. The van der Waals surface area contributed by atoms with Crippen LogP contribution in [0.5, 0.6) is 0 Å². The Bertz CT molecular complexity index is 1240. The maximum Gasteiger partial charge on any atom is 0.309 e. The Hall–Kier alpha value is -2.10. The minimum atomic E-state index is -2.98. The second-order valence-corrected chi connectivity index (χ2v) is 17.1. The number of allylic oxidation sites excluding steroid dienone is 1. The Balaban J connectivity index is 1.47. The lowest BCUT2D eigenvalue weighted by Gasteiger charge is -2.59. The van der Waals surface area contributed by atoms with Gasteiger partial charge >= 0.3 is 5.97 Å². The molecule has 2 aromatic carbocycles. The third-order valence-corrected chi connectivity index (χ3v) is 13.0. The van der Waals surface area contributed by atoms with Crippen LogP contribution in [0.3, 0.4) is 0 Å². The fraction of sp³-hybridized carbons (Fsp3) is 0.500. The molecule has 4 aliphatic rings. The quantitative estimate of drug-likeness (QED) is 0.288. The smallest absolute Gasteiger partial charge is 0.309 e. The highest BCUT2D eigenvalue weighted by molar-refractivity contribution is 8.14. The summed E-state index contributed by atoms with van der Waals surface area (Å²) in [6, 6.07) is 19.4. The summed E-state index contributed by atoms with van der Waals surface area (Å²) in [7, 11) is -2.98. The first-order valence-corrected chi connectivity index (χ1v) is 16.3. The zero-order valence-electron chi connectivity index (χ0n) is 23.1. The van der Waals surface area contributed by atoms with E-state index in [0.717, 1.165) is 23.5 Å². The lowest BCUT2D eigenvalue weighted by atomic mass is 9.52. The summed E-state index contributed by atoms with van der Waals surface area (Å²) in [5.41, 5.74) is -1.04. The van der Waals surface area contributed by atoms with Crippen LogP contribution in [-0.4, -0.2) is 21.4 Å². The molecule has 0 radical (unpaired) electrons. The van der Waals surface area contributed by atoms with Crippen molar-refractivity contribution in [1.29, 1.82) is 0 Å². The number of hydrogen-bond acceptors (Lipinski definition) is 5. The molecule has 6 heteroatoms. The van der Waals surface area contributed by atoms with E-state index in [9.17, 15) is 14.2 Å². The second-order valence-electron chi connectivity index (χ2n) is 12.6. The van der Waals surface area contributed by atoms with Gasteiger partial charge in [-0.25, -0.2) is 0 Å². The van der Waals surface area contributed by atoms with Crippen LogP contribution in [0.25, 0.3) is 0 Å². The van der Waals surface area contributed by atoms with Gasteiger partial charge in [-0.1, -0.05) is 113 Å². The van der Waals surface area contributed by atoms with Crippen molar-refractivity contribution in [3.63, 3.8) is 0 Å². The van der Waals surface area contributed by atoms with Gasteiger partial charge in [-0.2, -0.15) is 0 Å². The third kappa shape index (κ3) is 4.54. The number of thioether (sulfide) groups is 1. The molecule has 1 spiro atoms. The SMILES string of the molecule is C[C@H](/C=C/P(=O)(c1ccccc1)c1ccccc1)[C@H]1CC[C@]23OC(=O)[C@H](C[C@@H]2C(=O)SC(C)(C)C)C[C@]13C. The van der Waals surface area contributed by atoms with Gasteiger partial charge in [-0.05, 0) is 43.3 Å². The number of ether oxygens (including phenoxy) is 1. The van der Waals surface area contributed by atoms with Crippen LogP contribution in [0.15, 0.2) is 72.6 Å². The Morgan fingerprint density at radius 1 is 1.08 bits per heavy atom. The molecule has 6 rings (SSSR count). The van der Waals surface area contributed by atoms with Crippen LogP contribution in [0.2, 0.25) is 0 Å². The molecule has 2 aromatic rings. The van der Waals surface area contributed by atoms with Crippen molar-refractivity contribution in [3.05, 3.63) is 72.6 Å². The molecule has 4 nitrogen and oxygen atoms in total. The zero-order valence-corrected chi connectivity index (χ0v) is 24.8. The molecular formula is C32H39O4PS. The summed E-state index contributed by atoms with van der Waals surface area (Å²) < 4.78 is 20.6. The number of rotatable bonds is 6. The van der Waals surface area contributed by atoms with Gasteiger partial charge in [0.2, 0.25) is 0 Å². The largest absolute Gasteiger partial charge is 0.457 e. The van der Waals surface area contributed by atoms with Crippen molar-refractivity contribution in [2.75, 3.05) is 0 Å². The highest BCUT2D eigenvalue weighted by atomic mass is 32.2. The molecule has 2 aliphatic carbocycles. The topological polar surface area (TPSA) is 60.4 Å². The highest BCUT2D eigenvalue weighted by Gasteiger charge is 2.72. The van der Waals surface area contributed by atoms with Gasteiger partial charge in [0.05, 0.1) is 11.8 Å². The predicted molar refractivity (Wildman–Crippen MR) is 156 cm³/mol. The number of hydrogen-bond donors (Lipinski definition) is 0. The number of carbonyl (C=O) groups is 2. The third-order valence-electron chi connectivity index (χ3n) is 9.19. The molecule has 38 heavy (non-hydrogen) atoms. The van der Waals surface area contributed by atoms with E-state index in [2.05, 4.69) is 40.7 Å².